The predicted molar refractivity (Wildman–Crippen MR) is 88.8 cm³/mol. The Kier molecular flexibility index (Phi) is 4.62. The molecule has 0 saturated carbocycles. The molecule has 3 saturated heterocycles. The predicted octanol–water partition coefficient (Wildman–Crippen LogP) is 2.07. The van der Waals surface area contributed by atoms with Gasteiger partial charge >= 0.3 is 0 Å². The Hall–Kier alpha value is -1.40. The topological polar surface area (TPSA) is 59.5 Å². The van der Waals surface area contributed by atoms with Crippen molar-refractivity contribution in [3.63, 3.8) is 0 Å². The van der Waals surface area contributed by atoms with Crippen LogP contribution < -0.4 is 10.2 Å². The molecule has 3 atom stereocenters. The number of fused-ring (bicyclic) bond motifs is 1. The molecule has 0 amide bonds. The number of rotatable bonds is 3. The molecule has 3 aliphatic heterocycles. The summed E-state index contributed by atoms with van der Waals surface area (Å²) < 4.78 is 11.4. The standard InChI is InChI=1S/C17H26N4O2/c1-3-13-11-21(8-6-15(13)23-10-1)17-18-7-5-16(20-17)19-14-4-2-9-22-12-14/h5,7,13-15H,1-4,6,8-12H2,(H,18,19,20)/t13-,14-,15-/m1/s1. The molecular weight excluding hydrogens is 292 g/mol. The van der Waals surface area contributed by atoms with E-state index in [9.17, 15) is 0 Å². The first-order valence-electron chi connectivity index (χ1n) is 8.92. The second kappa shape index (κ2) is 7.01. The minimum absolute atomic E-state index is 0.365. The zero-order chi connectivity index (χ0) is 15.5. The molecule has 0 spiro atoms. The lowest BCUT2D eigenvalue weighted by Gasteiger charge is -2.41. The molecule has 0 aliphatic carbocycles. The Balaban J connectivity index is 1.41. The zero-order valence-corrected chi connectivity index (χ0v) is 13.6. The molecule has 126 valence electrons. The maximum Gasteiger partial charge on any atom is 0.227 e. The van der Waals surface area contributed by atoms with E-state index in [2.05, 4.69) is 15.2 Å². The Morgan fingerprint density at radius 3 is 3.04 bits per heavy atom. The van der Waals surface area contributed by atoms with Gasteiger partial charge in [-0.2, -0.15) is 4.98 Å². The van der Waals surface area contributed by atoms with E-state index in [0.717, 1.165) is 63.9 Å². The highest BCUT2D eigenvalue weighted by atomic mass is 16.5. The van der Waals surface area contributed by atoms with Crippen molar-refractivity contribution < 1.29 is 9.47 Å². The smallest absolute Gasteiger partial charge is 0.227 e. The van der Waals surface area contributed by atoms with Gasteiger partial charge in [-0.05, 0) is 38.2 Å². The maximum atomic E-state index is 5.90. The summed E-state index contributed by atoms with van der Waals surface area (Å²) in [7, 11) is 0. The fourth-order valence-corrected chi connectivity index (χ4v) is 3.91. The van der Waals surface area contributed by atoms with Crippen LogP contribution in [0.15, 0.2) is 12.3 Å². The minimum Gasteiger partial charge on any atom is -0.379 e. The number of piperidine rings is 1. The number of ether oxygens (including phenoxy) is 2. The van der Waals surface area contributed by atoms with Crippen molar-refractivity contribution in [1.82, 2.24) is 9.97 Å². The first-order valence-corrected chi connectivity index (χ1v) is 8.92. The highest BCUT2D eigenvalue weighted by molar-refractivity contribution is 5.42. The van der Waals surface area contributed by atoms with E-state index < -0.39 is 0 Å². The van der Waals surface area contributed by atoms with Gasteiger partial charge < -0.3 is 19.7 Å². The second-order valence-electron chi connectivity index (χ2n) is 6.85. The van der Waals surface area contributed by atoms with Gasteiger partial charge in [-0.15, -0.1) is 0 Å². The lowest BCUT2D eigenvalue weighted by Crippen LogP contribution is -2.47. The zero-order valence-electron chi connectivity index (χ0n) is 13.6. The first kappa shape index (κ1) is 15.1. The minimum atomic E-state index is 0.365. The van der Waals surface area contributed by atoms with Crippen molar-refractivity contribution in [1.29, 1.82) is 0 Å². The van der Waals surface area contributed by atoms with Crippen LogP contribution in [-0.4, -0.2) is 55.0 Å². The Labute approximate surface area is 137 Å². The number of hydrogen-bond acceptors (Lipinski definition) is 6. The summed E-state index contributed by atoms with van der Waals surface area (Å²) in [6.45, 7) is 4.58. The Morgan fingerprint density at radius 2 is 2.13 bits per heavy atom. The van der Waals surface area contributed by atoms with E-state index in [1.165, 1.54) is 12.8 Å². The molecule has 0 radical (unpaired) electrons. The molecule has 4 rings (SSSR count). The molecule has 1 aromatic rings. The summed E-state index contributed by atoms with van der Waals surface area (Å²) in [6.07, 6.45) is 8.09. The number of nitrogens with zero attached hydrogens (tertiary/aromatic N) is 3. The summed E-state index contributed by atoms with van der Waals surface area (Å²) in [5.41, 5.74) is 0. The van der Waals surface area contributed by atoms with Gasteiger partial charge in [0, 0.05) is 38.4 Å². The first-order chi connectivity index (χ1) is 11.4. The van der Waals surface area contributed by atoms with Crippen molar-refractivity contribution in [3.05, 3.63) is 12.3 Å². The second-order valence-corrected chi connectivity index (χ2v) is 6.85. The third-order valence-corrected chi connectivity index (χ3v) is 5.15. The van der Waals surface area contributed by atoms with E-state index in [1.54, 1.807) is 0 Å². The fourth-order valence-electron chi connectivity index (χ4n) is 3.91. The maximum absolute atomic E-state index is 5.90. The summed E-state index contributed by atoms with van der Waals surface area (Å²) in [5.74, 6) is 2.38. The van der Waals surface area contributed by atoms with Gasteiger partial charge in [-0.1, -0.05) is 0 Å². The van der Waals surface area contributed by atoms with Crippen LogP contribution in [0.2, 0.25) is 0 Å². The van der Waals surface area contributed by atoms with Gasteiger partial charge in [0.25, 0.3) is 0 Å². The molecule has 6 heteroatoms. The van der Waals surface area contributed by atoms with E-state index in [4.69, 9.17) is 14.5 Å². The third-order valence-electron chi connectivity index (χ3n) is 5.15. The third kappa shape index (κ3) is 3.58. The number of hydrogen-bond donors (Lipinski definition) is 1. The molecule has 4 heterocycles. The highest BCUT2D eigenvalue weighted by Gasteiger charge is 2.33. The summed E-state index contributed by atoms with van der Waals surface area (Å²) in [6, 6.07) is 2.32. The summed E-state index contributed by atoms with van der Waals surface area (Å²) in [5, 5.41) is 3.49. The number of anilines is 2. The average molecular weight is 318 g/mol. The normalized spacial score (nSPS) is 31.5. The van der Waals surface area contributed by atoms with Gasteiger partial charge in [0.2, 0.25) is 5.95 Å². The lowest BCUT2D eigenvalue weighted by molar-refractivity contribution is -0.0359. The molecule has 0 unspecified atom stereocenters. The van der Waals surface area contributed by atoms with Crippen LogP contribution in [0.5, 0.6) is 0 Å². The highest BCUT2D eigenvalue weighted by Crippen LogP contribution is 2.30. The summed E-state index contributed by atoms with van der Waals surface area (Å²) in [4.78, 5) is 11.5. The molecule has 3 fully saturated rings. The van der Waals surface area contributed by atoms with Crippen LogP contribution in [0, 0.1) is 5.92 Å². The quantitative estimate of drug-likeness (QED) is 0.921. The molecule has 3 aliphatic rings. The number of aromatic nitrogens is 2. The van der Waals surface area contributed by atoms with E-state index >= 15 is 0 Å². The van der Waals surface area contributed by atoms with Gasteiger partial charge in [-0.3, -0.25) is 0 Å². The Bertz CT molecular complexity index is 521. The van der Waals surface area contributed by atoms with Crippen LogP contribution in [0.3, 0.4) is 0 Å². The van der Waals surface area contributed by atoms with Crippen LogP contribution in [-0.2, 0) is 9.47 Å². The van der Waals surface area contributed by atoms with Crippen molar-refractivity contribution in [2.24, 2.45) is 5.92 Å². The molecule has 1 aromatic heterocycles. The van der Waals surface area contributed by atoms with Gasteiger partial charge in [0.05, 0.1) is 18.8 Å². The van der Waals surface area contributed by atoms with E-state index in [1.807, 2.05) is 12.3 Å². The van der Waals surface area contributed by atoms with Gasteiger partial charge in [-0.25, -0.2) is 4.98 Å². The van der Waals surface area contributed by atoms with Crippen molar-refractivity contribution in [2.45, 2.75) is 44.2 Å². The monoisotopic (exact) mass is 318 g/mol. The number of nitrogens with one attached hydrogen (secondary N) is 1. The largest absolute Gasteiger partial charge is 0.379 e. The van der Waals surface area contributed by atoms with Gasteiger partial charge in [0.1, 0.15) is 5.82 Å². The fraction of sp³-hybridized carbons (Fsp3) is 0.765. The molecule has 0 bridgehead atoms. The molecule has 1 N–H and O–H groups in total. The lowest BCUT2D eigenvalue weighted by atomic mass is 9.89. The van der Waals surface area contributed by atoms with Crippen molar-refractivity contribution in [2.75, 3.05) is 43.1 Å². The van der Waals surface area contributed by atoms with Gasteiger partial charge in [0.15, 0.2) is 0 Å². The van der Waals surface area contributed by atoms with E-state index in [-0.39, 0.29) is 0 Å². The van der Waals surface area contributed by atoms with Crippen LogP contribution in [0.25, 0.3) is 0 Å². The average Bonchev–Trinajstić information content (AvgIpc) is 2.62. The molecule has 23 heavy (non-hydrogen) atoms. The van der Waals surface area contributed by atoms with Crippen LogP contribution in [0.4, 0.5) is 11.8 Å². The molecule has 6 nitrogen and oxygen atoms in total. The molecular formula is C17H26N4O2. The molecule has 0 aromatic carbocycles. The van der Waals surface area contributed by atoms with Crippen molar-refractivity contribution >= 4 is 11.8 Å². The van der Waals surface area contributed by atoms with Crippen molar-refractivity contribution in [3.8, 4) is 0 Å². The summed E-state index contributed by atoms with van der Waals surface area (Å²) >= 11 is 0. The Morgan fingerprint density at radius 1 is 1.17 bits per heavy atom. The SMILES string of the molecule is c1cc(N[C@@H]2CCCOC2)nc(N2CC[C@H]3OCCC[C@@H]3C2)n1. The van der Waals surface area contributed by atoms with Crippen LogP contribution in [0.1, 0.15) is 32.1 Å². The van der Waals surface area contributed by atoms with E-state index in [0.29, 0.717) is 18.1 Å². The van der Waals surface area contributed by atoms with Crippen LogP contribution >= 0.6 is 0 Å².